The SMILES string of the molecule is C=C(C)C(C)=NNCCC. The van der Waals surface area contributed by atoms with E-state index in [1.54, 1.807) is 0 Å². The molecule has 0 rings (SSSR count). The molecule has 0 aliphatic rings. The van der Waals surface area contributed by atoms with E-state index in [-0.39, 0.29) is 0 Å². The van der Waals surface area contributed by atoms with Gasteiger partial charge in [-0.2, -0.15) is 5.10 Å². The Hall–Kier alpha value is -0.790. The predicted molar refractivity (Wildman–Crippen MR) is 46.2 cm³/mol. The molecule has 0 aromatic heterocycles. The number of nitrogens with one attached hydrogen (secondary N) is 1. The van der Waals surface area contributed by atoms with Gasteiger partial charge in [-0.05, 0) is 25.8 Å². The fourth-order valence-electron chi connectivity index (χ4n) is 0.382. The molecule has 0 aromatic rings. The van der Waals surface area contributed by atoms with Crippen molar-refractivity contribution in [3.05, 3.63) is 12.2 Å². The Kier molecular flexibility index (Phi) is 4.63. The van der Waals surface area contributed by atoms with Gasteiger partial charge in [-0.1, -0.05) is 13.5 Å². The molecule has 0 aliphatic heterocycles. The van der Waals surface area contributed by atoms with Crippen LogP contribution < -0.4 is 5.43 Å². The van der Waals surface area contributed by atoms with Crippen LogP contribution in [-0.2, 0) is 0 Å². The molecule has 0 unspecified atom stereocenters. The van der Waals surface area contributed by atoms with E-state index in [1.807, 2.05) is 13.8 Å². The standard InChI is InChI=1S/C8H16N2/c1-5-6-9-10-8(4)7(2)3/h9H,2,5-6H2,1,3-4H3. The molecule has 0 aliphatic carbocycles. The molecule has 2 heteroatoms. The summed E-state index contributed by atoms with van der Waals surface area (Å²) in [5.74, 6) is 0. The quantitative estimate of drug-likeness (QED) is 0.360. The molecule has 1 N–H and O–H groups in total. The van der Waals surface area contributed by atoms with Gasteiger partial charge in [0.1, 0.15) is 0 Å². The first-order valence-electron chi connectivity index (χ1n) is 3.61. The van der Waals surface area contributed by atoms with Crippen molar-refractivity contribution in [1.82, 2.24) is 5.43 Å². The van der Waals surface area contributed by atoms with Gasteiger partial charge in [0.25, 0.3) is 0 Å². The third kappa shape index (κ3) is 4.13. The van der Waals surface area contributed by atoms with Crippen LogP contribution in [0.4, 0.5) is 0 Å². The van der Waals surface area contributed by atoms with E-state index in [0.29, 0.717) is 0 Å². The van der Waals surface area contributed by atoms with Gasteiger partial charge in [0.2, 0.25) is 0 Å². The third-order valence-electron chi connectivity index (χ3n) is 1.23. The first kappa shape index (κ1) is 9.21. The van der Waals surface area contributed by atoms with E-state index in [9.17, 15) is 0 Å². The topological polar surface area (TPSA) is 24.4 Å². The second-order valence-electron chi connectivity index (χ2n) is 2.39. The van der Waals surface area contributed by atoms with Gasteiger partial charge >= 0.3 is 0 Å². The van der Waals surface area contributed by atoms with Gasteiger partial charge in [-0.3, -0.25) is 0 Å². The molecule has 0 heterocycles. The van der Waals surface area contributed by atoms with Crippen molar-refractivity contribution in [3.8, 4) is 0 Å². The molecule has 0 amide bonds. The Morgan fingerprint density at radius 2 is 2.10 bits per heavy atom. The minimum atomic E-state index is 0.935. The lowest BCUT2D eigenvalue weighted by molar-refractivity contribution is 0.716. The lowest BCUT2D eigenvalue weighted by Crippen LogP contribution is -2.09. The average molecular weight is 140 g/mol. The van der Waals surface area contributed by atoms with Crippen LogP contribution in [0.1, 0.15) is 27.2 Å². The van der Waals surface area contributed by atoms with E-state index in [4.69, 9.17) is 0 Å². The molecule has 0 aromatic carbocycles. The summed E-state index contributed by atoms with van der Waals surface area (Å²) in [5.41, 5.74) is 4.94. The first-order valence-corrected chi connectivity index (χ1v) is 3.61. The smallest absolute Gasteiger partial charge is 0.0595 e. The van der Waals surface area contributed by atoms with Crippen LogP contribution in [-0.4, -0.2) is 12.3 Å². The summed E-state index contributed by atoms with van der Waals surface area (Å²) in [4.78, 5) is 0. The van der Waals surface area contributed by atoms with Crippen LogP contribution in [0, 0.1) is 0 Å². The molecule has 0 fully saturated rings. The number of rotatable bonds is 4. The summed E-state index contributed by atoms with van der Waals surface area (Å²) in [6.45, 7) is 10.7. The van der Waals surface area contributed by atoms with Crippen molar-refractivity contribution < 1.29 is 0 Å². The third-order valence-corrected chi connectivity index (χ3v) is 1.23. The maximum atomic E-state index is 4.08. The highest BCUT2D eigenvalue weighted by Crippen LogP contribution is 1.89. The number of hydrogen-bond acceptors (Lipinski definition) is 2. The van der Waals surface area contributed by atoms with Gasteiger partial charge in [0, 0.05) is 6.54 Å². The Balaban J connectivity index is 3.58. The zero-order chi connectivity index (χ0) is 7.98. The number of allylic oxidation sites excluding steroid dienone is 1. The minimum absolute atomic E-state index is 0.935. The fraction of sp³-hybridized carbons (Fsp3) is 0.625. The van der Waals surface area contributed by atoms with Crippen molar-refractivity contribution in [2.45, 2.75) is 27.2 Å². The molecule has 0 saturated carbocycles. The molecule has 0 spiro atoms. The summed E-state index contributed by atoms with van der Waals surface area (Å²) in [6, 6.07) is 0. The lowest BCUT2D eigenvalue weighted by atomic mass is 10.2. The molecule has 58 valence electrons. The number of hydrazone groups is 1. The molecular weight excluding hydrogens is 124 g/mol. The first-order chi connectivity index (χ1) is 4.68. The zero-order valence-corrected chi connectivity index (χ0v) is 7.07. The van der Waals surface area contributed by atoms with E-state index in [1.165, 1.54) is 0 Å². The largest absolute Gasteiger partial charge is 0.310 e. The monoisotopic (exact) mass is 140 g/mol. The van der Waals surface area contributed by atoms with E-state index >= 15 is 0 Å². The molecule has 0 radical (unpaired) electrons. The summed E-state index contributed by atoms with van der Waals surface area (Å²) >= 11 is 0. The van der Waals surface area contributed by atoms with Crippen LogP contribution in [0.5, 0.6) is 0 Å². The molecule has 0 bridgehead atoms. The van der Waals surface area contributed by atoms with Crippen molar-refractivity contribution in [2.24, 2.45) is 5.10 Å². The van der Waals surface area contributed by atoms with Crippen LogP contribution in [0.2, 0.25) is 0 Å². The van der Waals surface area contributed by atoms with Crippen molar-refractivity contribution in [2.75, 3.05) is 6.54 Å². The summed E-state index contributed by atoms with van der Waals surface area (Å²) in [5, 5.41) is 4.08. The van der Waals surface area contributed by atoms with Gasteiger partial charge < -0.3 is 5.43 Å². The van der Waals surface area contributed by atoms with Crippen molar-refractivity contribution >= 4 is 5.71 Å². The maximum Gasteiger partial charge on any atom is 0.0595 e. The van der Waals surface area contributed by atoms with Gasteiger partial charge in [0.05, 0.1) is 5.71 Å². The molecule has 10 heavy (non-hydrogen) atoms. The molecule has 2 nitrogen and oxygen atoms in total. The second-order valence-corrected chi connectivity index (χ2v) is 2.39. The van der Waals surface area contributed by atoms with E-state index in [2.05, 4.69) is 24.0 Å². The van der Waals surface area contributed by atoms with Gasteiger partial charge in [-0.15, -0.1) is 0 Å². The Labute approximate surface area is 63.0 Å². The minimum Gasteiger partial charge on any atom is -0.310 e. The normalized spacial score (nSPS) is 11.3. The summed E-state index contributed by atoms with van der Waals surface area (Å²) < 4.78 is 0. The number of nitrogens with zero attached hydrogens (tertiary/aromatic N) is 1. The Bertz CT molecular complexity index is 136. The predicted octanol–water partition coefficient (Wildman–Crippen LogP) is 1.94. The molecule has 0 atom stereocenters. The van der Waals surface area contributed by atoms with Crippen molar-refractivity contribution in [3.63, 3.8) is 0 Å². The number of hydrogen-bond donors (Lipinski definition) is 1. The maximum absolute atomic E-state index is 4.08. The highest BCUT2D eigenvalue weighted by atomic mass is 15.3. The highest BCUT2D eigenvalue weighted by Gasteiger charge is 1.87. The van der Waals surface area contributed by atoms with Gasteiger partial charge in [0.15, 0.2) is 0 Å². The van der Waals surface area contributed by atoms with E-state index < -0.39 is 0 Å². The lowest BCUT2D eigenvalue weighted by Gasteiger charge is -1.99. The van der Waals surface area contributed by atoms with Crippen LogP contribution >= 0.6 is 0 Å². The highest BCUT2D eigenvalue weighted by molar-refractivity contribution is 5.96. The summed E-state index contributed by atoms with van der Waals surface area (Å²) in [6.07, 6.45) is 1.10. The zero-order valence-electron chi connectivity index (χ0n) is 7.07. The van der Waals surface area contributed by atoms with Crippen LogP contribution in [0.15, 0.2) is 17.3 Å². The molecular formula is C8H16N2. The average Bonchev–Trinajstić information content (AvgIpc) is 1.88. The molecule has 0 saturated heterocycles. The van der Waals surface area contributed by atoms with Crippen molar-refractivity contribution in [1.29, 1.82) is 0 Å². The summed E-state index contributed by atoms with van der Waals surface area (Å²) in [7, 11) is 0. The van der Waals surface area contributed by atoms with Crippen LogP contribution in [0.3, 0.4) is 0 Å². The Morgan fingerprint density at radius 3 is 2.50 bits per heavy atom. The Morgan fingerprint density at radius 1 is 1.50 bits per heavy atom. The van der Waals surface area contributed by atoms with E-state index in [0.717, 1.165) is 24.3 Å². The van der Waals surface area contributed by atoms with Gasteiger partial charge in [-0.25, -0.2) is 0 Å². The van der Waals surface area contributed by atoms with Crippen LogP contribution in [0.25, 0.3) is 0 Å². The second kappa shape index (κ2) is 5.03. The fourth-order valence-corrected chi connectivity index (χ4v) is 0.382.